The molecule has 0 spiro atoms. The Labute approximate surface area is 164 Å². The van der Waals surface area contributed by atoms with Crippen LogP contribution in [0.4, 0.5) is 13.2 Å². The van der Waals surface area contributed by atoms with E-state index >= 15 is 0 Å². The molecule has 0 aliphatic heterocycles. The minimum Gasteiger partial charge on any atom is -0.508 e. The smallest absolute Gasteiger partial charge is 0.418 e. The van der Waals surface area contributed by atoms with E-state index in [1.54, 1.807) is 36.4 Å². The van der Waals surface area contributed by atoms with Gasteiger partial charge >= 0.3 is 12.1 Å². The molecule has 0 aliphatic rings. The van der Waals surface area contributed by atoms with E-state index in [1.165, 1.54) is 23.8 Å². The Morgan fingerprint density at radius 2 is 1.76 bits per heavy atom. The van der Waals surface area contributed by atoms with Crippen LogP contribution in [0, 0.1) is 0 Å². The number of carboxylic acid groups (broad SMARTS) is 1. The van der Waals surface area contributed by atoms with Crippen molar-refractivity contribution >= 4 is 5.97 Å². The molecule has 1 aromatic heterocycles. The number of alkyl halides is 3. The van der Waals surface area contributed by atoms with Crippen molar-refractivity contribution in [3.8, 4) is 28.4 Å². The molecule has 3 aromatic rings. The molecule has 0 aliphatic carbocycles. The van der Waals surface area contributed by atoms with Crippen LogP contribution in [0.5, 0.6) is 11.5 Å². The van der Waals surface area contributed by atoms with E-state index in [-0.39, 0.29) is 18.5 Å². The molecule has 152 valence electrons. The first-order chi connectivity index (χ1) is 13.7. The number of rotatable bonds is 6. The van der Waals surface area contributed by atoms with E-state index in [2.05, 4.69) is 0 Å². The summed E-state index contributed by atoms with van der Waals surface area (Å²) in [5.41, 5.74) is 0.304. The van der Waals surface area contributed by atoms with E-state index in [0.717, 1.165) is 0 Å². The molecule has 5 nitrogen and oxygen atoms in total. The lowest BCUT2D eigenvalue weighted by molar-refractivity contribution is -0.138. The summed E-state index contributed by atoms with van der Waals surface area (Å²) in [6.07, 6.45) is -4.89. The molecule has 8 heteroatoms. The van der Waals surface area contributed by atoms with Gasteiger partial charge in [0.1, 0.15) is 11.5 Å². The number of carboxylic acids is 1. The zero-order valence-corrected chi connectivity index (χ0v) is 15.4. The second-order valence-electron chi connectivity index (χ2n) is 6.37. The molecule has 1 heterocycles. The van der Waals surface area contributed by atoms with Gasteiger partial charge in [0.25, 0.3) is 0 Å². The molecule has 2 N–H and O–H groups in total. The molecule has 0 saturated carbocycles. The van der Waals surface area contributed by atoms with Gasteiger partial charge in [-0.15, -0.1) is 0 Å². The summed E-state index contributed by atoms with van der Waals surface area (Å²) < 4.78 is 47.5. The van der Waals surface area contributed by atoms with Crippen LogP contribution in [-0.2, 0) is 17.4 Å². The number of aryl methyl sites for hydroxylation is 1. The van der Waals surface area contributed by atoms with Crippen LogP contribution < -0.4 is 4.74 Å². The van der Waals surface area contributed by atoms with Gasteiger partial charge in [-0.25, -0.2) is 0 Å². The highest BCUT2D eigenvalue weighted by atomic mass is 19.4. The Kier molecular flexibility index (Phi) is 5.54. The fraction of sp³-hybridized carbons (Fsp3) is 0.190. The van der Waals surface area contributed by atoms with Crippen molar-refractivity contribution in [1.29, 1.82) is 0 Å². The van der Waals surface area contributed by atoms with Crippen LogP contribution in [0.1, 0.15) is 17.7 Å². The van der Waals surface area contributed by atoms with Crippen molar-refractivity contribution in [2.45, 2.75) is 19.0 Å². The minimum atomic E-state index is -4.71. The molecule has 0 fully saturated rings. The fourth-order valence-corrected chi connectivity index (χ4v) is 3.13. The Hall–Kier alpha value is -3.42. The van der Waals surface area contributed by atoms with E-state index in [1.807, 2.05) is 0 Å². The first-order valence-electron chi connectivity index (χ1n) is 8.68. The molecule has 0 radical (unpaired) electrons. The number of phenolic OH excluding ortho intramolecular Hbond substituents is 1. The van der Waals surface area contributed by atoms with Gasteiger partial charge < -0.3 is 19.5 Å². The van der Waals surface area contributed by atoms with Crippen molar-refractivity contribution in [3.05, 3.63) is 65.9 Å². The van der Waals surface area contributed by atoms with Crippen LogP contribution in [-0.4, -0.2) is 27.9 Å². The predicted octanol–water partition coefficient (Wildman–Crippen LogP) is 4.89. The van der Waals surface area contributed by atoms with Crippen molar-refractivity contribution in [2.24, 2.45) is 0 Å². The fourth-order valence-electron chi connectivity index (χ4n) is 3.13. The second-order valence-corrected chi connectivity index (χ2v) is 6.37. The molecule has 0 unspecified atom stereocenters. The Bertz CT molecular complexity index is 1020. The van der Waals surface area contributed by atoms with Crippen LogP contribution in [0.15, 0.2) is 54.6 Å². The van der Waals surface area contributed by atoms with Gasteiger partial charge in [0, 0.05) is 5.69 Å². The zero-order chi connectivity index (χ0) is 21.2. The van der Waals surface area contributed by atoms with E-state index in [9.17, 15) is 23.1 Å². The number of carbonyl (C=O) groups is 1. The summed E-state index contributed by atoms with van der Waals surface area (Å²) >= 11 is 0. The van der Waals surface area contributed by atoms with Gasteiger partial charge in [0.2, 0.25) is 0 Å². The maximum atomic E-state index is 13.7. The average molecular weight is 405 g/mol. The van der Waals surface area contributed by atoms with Crippen LogP contribution >= 0.6 is 0 Å². The van der Waals surface area contributed by atoms with Gasteiger partial charge in [-0.3, -0.25) is 4.79 Å². The standard InChI is InChI=1S/C21H18F3NO4/c1-29-16-7-2-13(3-8-16)18-9-4-14(5-11-20(27)28)25(18)19-10-6-15(26)12-17(19)21(22,23)24/h2-4,6-10,12,26H,5,11H2,1H3,(H,27,28). The largest absolute Gasteiger partial charge is 0.508 e. The lowest BCUT2D eigenvalue weighted by Crippen LogP contribution is -2.13. The maximum Gasteiger partial charge on any atom is 0.418 e. The number of nitrogens with zero attached hydrogens (tertiary/aromatic N) is 1. The summed E-state index contributed by atoms with van der Waals surface area (Å²) in [6, 6.07) is 13.0. The summed E-state index contributed by atoms with van der Waals surface area (Å²) in [6.45, 7) is 0. The van der Waals surface area contributed by atoms with Crippen LogP contribution in [0.3, 0.4) is 0 Å². The number of aliphatic carboxylic acids is 1. The molecule has 0 saturated heterocycles. The van der Waals surface area contributed by atoms with Crippen LogP contribution in [0.25, 0.3) is 16.9 Å². The molecule has 0 bridgehead atoms. The highest BCUT2D eigenvalue weighted by Crippen LogP contribution is 2.39. The Morgan fingerprint density at radius 3 is 2.34 bits per heavy atom. The van der Waals surface area contributed by atoms with Crippen molar-refractivity contribution < 1.29 is 32.9 Å². The number of methoxy groups -OCH3 is 1. The number of aromatic nitrogens is 1. The molecule has 2 aromatic carbocycles. The third-order valence-electron chi connectivity index (χ3n) is 4.47. The van der Waals surface area contributed by atoms with Gasteiger partial charge in [-0.1, -0.05) is 0 Å². The number of halogens is 3. The molecule has 0 amide bonds. The first-order valence-corrected chi connectivity index (χ1v) is 8.68. The summed E-state index contributed by atoms with van der Waals surface area (Å²) in [5, 5.41) is 18.6. The van der Waals surface area contributed by atoms with Gasteiger partial charge in [0.15, 0.2) is 0 Å². The van der Waals surface area contributed by atoms with Crippen molar-refractivity contribution in [3.63, 3.8) is 0 Å². The van der Waals surface area contributed by atoms with Crippen molar-refractivity contribution in [2.75, 3.05) is 7.11 Å². The quantitative estimate of drug-likeness (QED) is 0.612. The number of hydrogen-bond donors (Lipinski definition) is 2. The lowest BCUT2D eigenvalue weighted by Gasteiger charge is -2.19. The average Bonchev–Trinajstić information content (AvgIpc) is 3.09. The number of phenols is 1. The van der Waals surface area contributed by atoms with Gasteiger partial charge in [-0.2, -0.15) is 13.2 Å². The third-order valence-corrected chi connectivity index (χ3v) is 4.47. The maximum absolute atomic E-state index is 13.7. The van der Waals surface area contributed by atoms with Gasteiger partial charge in [0.05, 0.1) is 30.5 Å². The summed E-state index contributed by atoms with van der Waals surface area (Å²) in [7, 11) is 1.51. The van der Waals surface area contributed by atoms with E-state index in [0.29, 0.717) is 28.8 Å². The highest BCUT2D eigenvalue weighted by molar-refractivity contribution is 5.69. The summed E-state index contributed by atoms with van der Waals surface area (Å²) in [5.74, 6) is -0.963. The van der Waals surface area contributed by atoms with Gasteiger partial charge in [-0.05, 0) is 66.6 Å². The monoisotopic (exact) mass is 405 g/mol. The van der Waals surface area contributed by atoms with E-state index < -0.39 is 23.5 Å². The number of ether oxygens (including phenoxy) is 1. The van der Waals surface area contributed by atoms with Crippen LogP contribution in [0.2, 0.25) is 0 Å². The Morgan fingerprint density at radius 1 is 1.07 bits per heavy atom. The normalized spacial score (nSPS) is 11.4. The third kappa shape index (κ3) is 4.37. The van der Waals surface area contributed by atoms with Crippen molar-refractivity contribution in [1.82, 2.24) is 4.57 Å². The lowest BCUT2D eigenvalue weighted by atomic mass is 10.1. The van der Waals surface area contributed by atoms with E-state index in [4.69, 9.17) is 9.84 Å². The number of benzene rings is 2. The molecule has 0 atom stereocenters. The number of hydrogen-bond acceptors (Lipinski definition) is 3. The highest BCUT2D eigenvalue weighted by Gasteiger charge is 2.35. The molecule has 3 rings (SSSR count). The topological polar surface area (TPSA) is 71.7 Å². The minimum absolute atomic E-state index is 0.0453. The summed E-state index contributed by atoms with van der Waals surface area (Å²) in [4.78, 5) is 11.0. The first kappa shape index (κ1) is 20.3. The molecular formula is C21H18F3NO4. The SMILES string of the molecule is COc1ccc(-c2ccc(CCC(=O)O)n2-c2ccc(O)cc2C(F)(F)F)cc1. The Balaban J connectivity index is 2.22. The number of aromatic hydroxyl groups is 1. The molecular weight excluding hydrogens is 387 g/mol. The molecule has 29 heavy (non-hydrogen) atoms. The zero-order valence-electron chi connectivity index (χ0n) is 15.4. The second kappa shape index (κ2) is 7.90. The predicted molar refractivity (Wildman–Crippen MR) is 100 cm³/mol.